The largest absolute Gasteiger partial charge is 0.391 e. The Hall–Kier alpha value is -3.87. The van der Waals surface area contributed by atoms with E-state index in [0.717, 1.165) is 38.2 Å². The van der Waals surface area contributed by atoms with Crippen LogP contribution in [0.15, 0.2) is 42.6 Å². The number of nitrogens with one attached hydrogen (secondary N) is 2. The minimum atomic E-state index is -0.453. The molecule has 8 nitrogen and oxygen atoms in total. The van der Waals surface area contributed by atoms with E-state index in [2.05, 4.69) is 21.5 Å². The minimum Gasteiger partial charge on any atom is -0.391 e. The number of fused-ring (bicyclic) bond motifs is 2. The molecule has 2 amide bonds. The van der Waals surface area contributed by atoms with E-state index in [1.807, 2.05) is 37.3 Å². The van der Waals surface area contributed by atoms with E-state index in [-0.39, 0.29) is 18.5 Å². The fraction of sp³-hybridized carbons (Fsp3) is 0.240. The molecule has 1 fully saturated rings. The molecule has 1 aliphatic heterocycles. The van der Waals surface area contributed by atoms with E-state index in [1.54, 1.807) is 21.7 Å². The minimum absolute atomic E-state index is 0.0770. The average molecular weight is 474 g/mol. The fourth-order valence-corrected chi connectivity index (χ4v) is 5.34. The molecule has 0 radical (unpaired) electrons. The Kier molecular flexibility index (Phi) is 5.69. The van der Waals surface area contributed by atoms with E-state index >= 15 is 0 Å². The summed E-state index contributed by atoms with van der Waals surface area (Å²) < 4.78 is 2.49. The van der Waals surface area contributed by atoms with Crippen molar-refractivity contribution in [3.8, 4) is 12.3 Å². The summed E-state index contributed by atoms with van der Waals surface area (Å²) in [6.07, 6.45) is 7.12. The molecule has 0 bridgehead atoms. The van der Waals surface area contributed by atoms with E-state index in [0.29, 0.717) is 24.4 Å². The van der Waals surface area contributed by atoms with Gasteiger partial charge < -0.3 is 20.6 Å². The number of carbonyl (C=O) groups is 2. The Morgan fingerprint density at radius 2 is 2.15 bits per heavy atom. The topological polar surface area (TPSA) is 99.5 Å². The van der Waals surface area contributed by atoms with Gasteiger partial charge in [-0.1, -0.05) is 5.92 Å². The Morgan fingerprint density at radius 1 is 1.29 bits per heavy atom. The van der Waals surface area contributed by atoms with Gasteiger partial charge in [0, 0.05) is 36.1 Å². The molecule has 0 unspecified atom stereocenters. The molecule has 1 aliphatic rings. The summed E-state index contributed by atoms with van der Waals surface area (Å²) in [5.74, 6) is 2.33. The van der Waals surface area contributed by atoms with Crippen molar-refractivity contribution in [3.63, 3.8) is 0 Å². The number of hydrogen-bond acceptors (Lipinski definition) is 6. The molecule has 9 heteroatoms. The molecule has 1 saturated heterocycles. The molecule has 3 N–H and O–H groups in total. The third kappa shape index (κ3) is 3.98. The number of carbonyl (C=O) groups excluding carboxylic acids is 2. The lowest BCUT2D eigenvalue weighted by Gasteiger charge is -2.13. The Labute approximate surface area is 200 Å². The first-order valence-corrected chi connectivity index (χ1v) is 11.7. The molecule has 3 aromatic heterocycles. The second kappa shape index (κ2) is 8.82. The maximum Gasteiger partial charge on any atom is 0.327 e. The van der Waals surface area contributed by atoms with Gasteiger partial charge in [-0.25, -0.2) is 4.79 Å². The van der Waals surface area contributed by atoms with Gasteiger partial charge in [0.2, 0.25) is 0 Å². The van der Waals surface area contributed by atoms with Crippen LogP contribution in [0.25, 0.3) is 21.1 Å². The van der Waals surface area contributed by atoms with Crippen LogP contribution in [0.5, 0.6) is 0 Å². The number of likely N-dealkylation sites (tertiary alicyclic amines) is 1. The van der Waals surface area contributed by atoms with Crippen LogP contribution in [0.1, 0.15) is 21.8 Å². The van der Waals surface area contributed by atoms with Crippen LogP contribution >= 0.6 is 11.3 Å². The Balaban J connectivity index is 1.43. The number of amides is 2. The third-order valence-corrected chi connectivity index (χ3v) is 7.03. The van der Waals surface area contributed by atoms with Crippen LogP contribution in [0.3, 0.4) is 0 Å². The van der Waals surface area contributed by atoms with Crippen LogP contribution < -0.4 is 10.6 Å². The van der Waals surface area contributed by atoms with Gasteiger partial charge in [-0.3, -0.25) is 14.3 Å². The van der Waals surface area contributed by atoms with E-state index in [9.17, 15) is 14.7 Å². The Morgan fingerprint density at radius 3 is 2.91 bits per heavy atom. The second-order valence-electron chi connectivity index (χ2n) is 8.26. The molecule has 0 spiro atoms. The zero-order chi connectivity index (χ0) is 23.8. The first-order valence-electron chi connectivity index (χ1n) is 10.9. The third-order valence-electron chi connectivity index (χ3n) is 5.88. The number of pyridine rings is 1. The van der Waals surface area contributed by atoms with Crippen LogP contribution in [-0.4, -0.2) is 57.2 Å². The number of nitrogens with zero attached hydrogens (tertiary/aromatic N) is 3. The summed E-state index contributed by atoms with van der Waals surface area (Å²) >= 11 is 1.39. The molecular formula is C25H23N5O3S. The SMILES string of the molecule is C#CCNC(=O)n1c(C)cc2cc(Nc3ccnc4cc(C(=O)N5CC[C@H](O)C5)sc34)ccc21. The number of hydrogen-bond donors (Lipinski definition) is 3. The van der Waals surface area contributed by atoms with Crippen LogP contribution in [0.4, 0.5) is 16.2 Å². The molecule has 4 aromatic rings. The van der Waals surface area contributed by atoms with E-state index < -0.39 is 6.10 Å². The number of thiophene rings is 1. The highest BCUT2D eigenvalue weighted by Gasteiger charge is 2.27. The van der Waals surface area contributed by atoms with Gasteiger partial charge in [0.05, 0.1) is 38.9 Å². The number of rotatable bonds is 4. The number of aliphatic hydroxyl groups is 1. The summed E-state index contributed by atoms with van der Waals surface area (Å²) in [6, 6.07) is 11.1. The van der Waals surface area contributed by atoms with Crippen molar-refractivity contribution in [3.05, 3.63) is 53.2 Å². The van der Waals surface area contributed by atoms with Crippen molar-refractivity contribution in [2.45, 2.75) is 19.4 Å². The summed E-state index contributed by atoms with van der Waals surface area (Å²) in [4.78, 5) is 32.1. The quantitative estimate of drug-likeness (QED) is 0.393. The summed E-state index contributed by atoms with van der Waals surface area (Å²) in [6.45, 7) is 2.97. The van der Waals surface area contributed by atoms with Crippen molar-refractivity contribution in [1.29, 1.82) is 0 Å². The van der Waals surface area contributed by atoms with Gasteiger partial charge >= 0.3 is 6.03 Å². The Bertz CT molecular complexity index is 1460. The van der Waals surface area contributed by atoms with Gasteiger partial charge in [0.15, 0.2) is 0 Å². The lowest BCUT2D eigenvalue weighted by atomic mass is 10.2. The molecule has 5 rings (SSSR count). The predicted molar refractivity (Wildman–Crippen MR) is 134 cm³/mol. The fourth-order valence-electron chi connectivity index (χ4n) is 4.29. The van der Waals surface area contributed by atoms with Gasteiger partial charge in [-0.05, 0) is 49.7 Å². The maximum absolute atomic E-state index is 12.9. The number of aliphatic hydroxyl groups excluding tert-OH is 1. The zero-order valence-electron chi connectivity index (χ0n) is 18.5. The first kappa shape index (κ1) is 21.9. The first-order chi connectivity index (χ1) is 16.4. The zero-order valence-corrected chi connectivity index (χ0v) is 19.4. The molecular weight excluding hydrogens is 450 g/mol. The number of aromatic nitrogens is 2. The summed E-state index contributed by atoms with van der Waals surface area (Å²) in [7, 11) is 0. The lowest BCUT2D eigenvalue weighted by Crippen LogP contribution is -2.29. The maximum atomic E-state index is 12.9. The van der Waals surface area contributed by atoms with Crippen LogP contribution in [0, 0.1) is 19.3 Å². The highest BCUT2D eigenvalue weighted by Crippen LogP contribution is 2.34. The number of terminal acetylenes is 1. The van der Waals surface area contributed by atoms with Crippen LogP contribution in [0.2, 0.25) is 0 Å². The number of benzene rings is 1. The monoisotopic (exact) mass is 473 g/mol. The van der Waals surface area contributed by atoms with Crippen molar-refractivity contribution in [1.82, 2.24) is 19.8 Å². The molecule has 4 heterocycles. The number of anilines is 2. The average Bonchev–Trinajstić information content (AvgIpc) is 3.53. The molecule has 1 aromatic carbocycles. The highest BCUT2D eigenvalue weighted by molar-refractivity contribution is 7.21. The van der Waals surface area contributed by atoms with Gasteiger partial charge in [-0.15, -0.1) is 17.8 Å². The molecule has 0 saturated carbocycles. The molecule has 0 aliphatic carbocycles. The predicted octanol–water partition coefficient (Wildman–Crippen LogP) is 3.70. The summed E-state index contributed by atoms with van der Waals surface area (Å²) in [5.41, 5.74) is 4.03. The lowest BCUT2D eigenvalue weighted by molar-refractivity contribution is 0.0769. The molecule has 34 heavy (non-hydrogen) atoms. The van der Waals surface area contributed by atoms with Crippen molar-refractivity contribution in [2.75, 3.05) is 25.0 Å². The highest BCUT2D eigenvalue weighted by atomic mass is 32.1. The normalized spacial score (nSPS) is 15.6. The van der Waals surface area contributed by atoms with Gasteiger partial charge in [-0.2, -0.15) is 0 Å². The summed E-state index contributed by atoms with van der Waals surface area (Å²) in [5, 5.41) is 16.8. The van der Waals surface area contributed by atoms with Crippen molar-refractivity contribution in [2.24, 2.45) is 0 Å². The van der Waals surface area contributed by atoms with E-state index in [4.69, 9.17) is 6.42 Å². The molecule has 1 atom stereocenters. The van der Waals surface area contributed by atoms with Crippen LogP contribution in [-0.2, 0) is 0 Å². The second-order valence-corrected chi connectivity index (χ2v) is 9.31. The number of aryl methyl sites for hydroxylation is 1. The standard InChI is InChI=1S/C25H23N5O3S/c1-3-8-27-25(33)30-15(2)11-16-12-17(4-5-21(16)30)28-19-6-9-26-20-13-22(34-23(19)20)24(32)29-10-7-18(31)14-29/h1,4-6,9,11-13,18,31H,7-8,10,14H2,2H3,(H,26,28)(H,27,33)/t18-/m0/s1. The van der Waals surface area contributed by atoms with Gasteiger partial charge in [0.25, 0.3) is 5.91 Å². The number of β-amino-alcohol motifs (C(OH)–C–C–N with tert-alkyl or cyclic N) is 1. The smallest absolute Gasteiger partial charge is 0.327 e. The van der Waals surface area contributed by atoms with Gasteiger partial charge in [0.1, 0.15) is 0 Å². The van der Waals surface area contributed by atoms with Crippen molar-refractivity contribution >= 4 is 55.8 Å². The van der Waals surface area contributed by atoms with E-state index in [1.165, 1.54) is 11.3 Å². The van der Waals surface area contributed by atoms with Crippen molar-refractivity contribution < 1.29 is 14.7 Å². The molecule has 172 valence electrons.